The number of hydrogen-bond acceptors (Lipinski definition) is 5. The first kappa shape index (κ1) is 19.9. The molecule has 5 rings (SSSR count). The van der Waals surface area contributed by atoms with E-state index in [0.717, 1.165) is 16.9 Å². The Labute approximate surface area is 186 Å². The Morgan fingerprint density at radius 2 is 1.56 bits per heavy atom. The third kappa shape index (κ3) is 3.42. The number of benzene rings is 3. The van der Waals surface area contributed by atoms with Gasteiger partial charge in [-0.1, -0.05) is 66.7 Å². The molecule has 1 heterocycles. The van der Waals surface area contributed by atoms with Crippen LogP contribution in [0.2, 0.25) is 0 Å². The molecule has 0 saturated carbocycles. The molecule has 3 aromatic rings. The molecular weight excluding hydrogens is 400 g/mol. The number of aliphatic hydroxyl groups is 1. The molecule has 0 radical (unpaired) electrons. The van der Waals surface area contributed by atoms with Gasteiger partial charge in [-0.05, 0) is 36.3 Å². The first-order valence-electron chi connectivity index (χ1n) is 10.7. The van der Waals surface area contributed by atoms with Gasteiger partial charge in [-0.2, -0.15) is 10.2 Å². The van der Waals surface area contributed by atoms with Crippen molar-refractivity contribution in [1.29, 1.82) is 0 Å². The van der Waals surface area contributed by atoms with Gasteiger partial charge in [0.25, 0.3) is 0 Å². The molecule has 158 valence electrons. The molecule has 0 fully saturated rings. The summed E-state index contributed by atoms with van der Waals surface area (Å²) in [7, 11) is 0. The molecule has 2 aliphatic rings. The zero-order valence-corrected chi connectivity index (χ0v) is 17.6. The number of hydrogen-bond donors (Lipinski definition) is 1. The lowest BCUT2D eigenvalue weighted by Gasteiger charge is -2.25. The highest BCUT2D eigenvalue weighted by molar-refractivity contribution is 6.22. The average Bonchev–Trinajstić information content (AvgIpc) is 3.10. The molecule has 0 spiro atoms. The van der Waals surface area contributed by atoms with Crippen molar-refractivity contribution in [2.75, 3.05) is 6.61 Å². The Hall–Kier alpha value is -3.99. The number of fused-ring (bicyclic) bond motifs is 1. The smallest absolute Gasteiger partial charge is 0.199 e. The maximum Gasteiger partial charge on any atom is 0.199 e. The van der Waals surface area contributed by atoms with Crippen LogP contribution in [0.25, 0.3) is 5.76 Å². The van der Waals surface area contributed by atoms with Gasteiger partial charge in [0.15, 0.2) is 5.78 Å². The normalized spacial score (nSPS) is 19.7. The largest absolute Gasteiger partial charge is 0.506 e. The van der Waals surface area contributed by atoms with Crippen LogP contribution < -0.4 is 4.74 Å². The minimum Gasteiger partial charge on any atom is -0.506 e. The van der Waals surface area contributed by atoms with E-state index in [9.17, 15) is 9.90 Å². The summed E-state index contributed by atoms with van der Waals surface area (Å²) in [6, 6.07) is 24.7. The van der Waals surface area contributed by atoms with Crippen LogP contribution in [-0.2, 0) is 0 Å². The first-order valence-corrected chi connectivity index (χ1v) is 10.7. The fourth-order valence-corrected chi connectivity index (χ4v) is 4.28. The second-order valence-corrected chi connectivity index (χ2v) is 7.75. The number of rotatable bonds is 5. The Bertz CT molecular complexity index is 1260. The monoisotopic (exact) mass is 422 g/mol. The molecule has 1 N–H and O–H groups in total. The van der Waals surface area contributed by atoms with Crippen molar-refractivity contribution < 1.29 is 14.6 Å². The number of allylic oxidation sites excluding steroid dienone is 1. The molecule has 0 unspecified atom stereocenters. The van der Waals surface area contributed by atoms with Crippen molar-refractivity contribution >= 4 is 11.5 Å². The van der Waals surface area contributed by atoms with E-state index in [1.54, 1.807) is 24.3 Å². The predicted octanol–water partition coefficient (Wildman–Crippen LogP) is 6.43. The van der Waals surface area contributed by atoms with Gasteiger partial charge >= 0.3 is 0 Å². The summed E-state index contributed by atoms with van der Waals surface area (Å²) in [6.45, 7) is 2.56. The van der Waals surface area contributed by atoms with Crippen LogP contribution in [0.4, 0.5) is 0 Å². The van der Waals surface area contributed by atoms with Crippen molar-refractivity contribution in [2.45, 2.75) is 18.9 Å². The zero-order valence-electron chi connectivity index (χ0n) is 17.6. The summed E-state index contributed by atoms with van der Waals surface area (Å²) in [5, 5.41) is 19.8. The number of ether oxygens (including phenoxy) is 1. The van der Waals surface area contributed by atoms with Crippen LogP contribution in [0.3, 0.4) is 0 Å². The minimum absolute atomic E-state index is 0.0397. The molecule has 1 aliphatic carbocycles. The number of Topliss-reactive ketones (excluding diaryl/α,β-unsaturated/α-hetero) is 1. The first-order chi connectivity index (χ1) is 15.7. The van der Waals surface area contributed by atoms with E-state index >= 15 is 0 Å². The molecule has 0 bridgehead atoms. The molecule has 0 saturated heterocycles. The van der Waals surface area contributed by atoms with E-state index < -0.39 is 0 Å². The van der Waals surface area contributed by atoms with Crippen molar-refractivity contribution in [3.63, 3.8) is 0 Å². The molecule has 0 amide bonds. The van der Waals surface area contributed by atoms with Crippen LogP contribution in [0.15, 0.2) is 106 Å². The Balaban J connectivity index is 1.56. The number of azo groups is 1. The lowest BCUT2D eigenvalue weighted by atomic mass is 9.85. The molecular formula is C27H22N2O3. The van der Waals surface area contributed by atoms with Gasteiger partial charge in [0, 0.05) is 17.0 Å². The van der Waals surface area contributed by atoms with Crippen LogP contribution in [0.5, 0.6) is 5.75 Å². The molecule has 0 aromatic heterocycles. The van der Waals surface area contributed by atoms with E-state index in [-0.39, 0.29) is 29.1 Å². The lowest BCUT2D eigenvalue weighted by Crippen LogP contribution is -2.13. The van der Waals surface area contributed by atoms with Gasteiger partial charge in [-0.15, -0.1) is 0 Å². The highest BCUT2D eigenvalue weighted by atomic mass is 16.5. The Morgan fingerprint density at radius 3 is 2.25 bits per heavy atom. The highest BCUT2D eigenvalue weighted by Gasteiger charge is 2.35. The van der Waals surface area contributed by atoms with Crippen molar-refractivity contribution in [1.82, 2.24) is 0 Å². The van der Waals surface area contributed by atoms with Gasteiger partial charge in [-0.3, -0.25) is 4.79 Å². The fraction of sp³-hybridized carbons (Fsp3) is 0.148. The summed E-state index contributed by atoms with van der Waals surface area (Å²) >= 11 is 0. The van der Waals surface area contributed by atoms with Crippen LogP contribution in [0, 0.1) is 0 Å². The summed E-state index contributed by atoms with van der Waals surface area (Å²) in [6.07, 6.45) is 1.94. The van der Waals surface area contributed by atoms with Crippen molar-refractivity contribution in [2.24, 2.45) is 10.2 Å². The van der Waals surface area contributed by atoms with Gasteiger partial charge in [0.05, 0.1) is 17.9 Å². The van der Waals surface area contributed by atoms with Crippen molar-refractivity contribution in [3.8, 4) is 5.75 Å². The maximum atomic E-state index is 13.0. The van der Waals surface area contributed by atoms with Gasteiger partial charge in [-0.25, -0.2) is 0 Å². The molecule has 5 heteroatoms. The molecule has 2 atom stereocenters. The van der Waals surface area contributed by atoms with Crippen LogP contribution >= 0.6 is 0 Å². The molecule has 32 heavy (non-hydrogen) atoms. The van der Waals surface area contributed by atoms with E-state index in [1.807, 2.05) is 67.6 Å². The molecule has 5 nitrogen and oxygen atoms in total. The summed E-state index contributed by atoms with van der Waals surface area (Å²) in [4.78, 5) is 13.0. The average molecular weight is 422 g/mol. The van der Waals surface area contributed by atoms with Gasteiger partial charge in [0.2, 0.25) is 0 Å². The third-order valence-electron chi connectivity index (χ3n) is 5.83. The number of carbonyl (C=O) groups is 1. The SMILES string of the molecule is CCOc1ccc([C@H]2N=NC(C3=C(O)c4ccccc4C3=O)=C[C@@H]2c2ccccc2)cc1. The fourth-order valence-electron chi connectivity index (χ4n) is 4.28. The summed E-state index contributed by atoms with van der Waals surface area (Å²) in [5.41, 5.74) is 3.70. The number of ketones is 1. The maximum absolute atomic E-state index is 13.0. The third-order valence-corrected chi connectivity index (χ3v) is 5.83. The zero-order chi connectivity index (χ0) is 22.1. The Kier molecular flexibility index (Phi) is 5.15. The second kappa shape index (κ2) is 8.27. The number of aliphatic hydroxyl groups excluding tert-OH is 1. The highest BCUT2D eigenvalue weighted by Crippen LogP contribution is 2.44. The summed E-state index contributed by atoms with van der Waals surface area (Å²) in [5.74, 6) is 0.399. The summed E-state index contributed by atoms with van der Waals surface area (Å²) < 4.78 is 5.56. The van der Waals surface area contributed by atoms with E-state index in [1.165, 1.54) is 0 Å². The van der Waals surface area contributed by atoms with Crippen molar-refractivity contribution in [3.05, 3.63) is 118 Å². The van der Waals surface area contributed by atoms with Gasteiger partial charge < -0.3 is 9.84 Å². The van der Waals surface area contributed by atoms with Crippen LogP contribution in [-0.4, -0.2) is 17.5 Å². The number of nitrogens with zero attached hydrogens (tertiary/aromatic N) is 2. The second-order valence-electron chi connectivity index (χ2n) is 7.75. The molecule has 1 aliphatic heterocycles. The van der Waals surface area contributed by atoms with Gasteiger partial charge in [0.1, 0.15) is 17.6 Å². The predicted molar refractivity (Wildman–Crippen MR) is 123 cm³/mol. The van der Waals surface area contributed by atoms with E-state index in [2.05, 4.69) is 10.2 Å². The van der Waals surface area contributed by atoms with Crippen LogP contribution in [0.1, 0.15) is 45.9 Å². The molecule has 3 aromatic carbocycles. The standard InChI is InChI=1S/C27H22N2O3/c1-2-32-19-14-12-18(13-15-19)25-22(17-8-4-3-5-9-17)16-23(28-29-25)24-26(30)20-10-6-7-11-21(20)27(24)31/h3-16,22,25,30H,2H2,1H3/t22-,25-/m1/s1. The lowest BCUT2D eigenvalue weighted by molar-refractivity contribution is 0.103. The van der Waals surface area contributed by atoms with E-state index in [0.29, 0.717) is 23.4 Å². The topological polar surface area (TPSA) is 71.2 Å². The van der Waals surface area contributed by atoms with E-state index in [4.69, 9.17) is 4.74 Å². The quantitative estimate of drug-likeness (QED) is 0.515. The Morgan fingerprint density at radius 1 is 0.875 bits per heavy atom. The number of carbonyl (C=O) groups excluding carboxylic acids is 1. The minimum atomic E-state index is -0.251.